The van der Waals surface area contributed by atoms with E-state index < -0.39 is 75.6 Å². The number of phenolic OH excluding ortho intramolecular Hbond substituents is 1. The number of hydrogen-bond donors (Lipinski definition) is 6. The SMILES string of the molecule is CN(C)[C@@H]1C(=O)C(C(N)=O)=C(O)[C@@]2(O)C(=O)C3=C(O)c4c(O)cccc4[C@H](CSCc4ccccc4)C3[C@H](O)C12. The van der Waals surface area contributed by atoms with Gasteiger partial charge in [-0.2, -0.15) is 11.8 Å². The number of aromatic hydroxyl groups is 1. The zero-order valence-electron chi connectivity index (χ0n) is 21.8. The van der Waals surface area contributed by atoms with E-state index in [4.69, 9.17) is 5.73 Å². The number of benzene rings is 2. The van der Waals surface area contributed by atoms with Gasteiger partial charge in [-0.1, -0.05) is 42.5 Å². The number of amides is 1. The number of aliphatic hydroxyl groups is 4. The van der Waals surface area contributed by atoms with Crippen LogP contribution < -0.4 is 5.73 Å². The fourth-order valence-corrected chi connectivity index (χ4v) is 7.66. The summed E-state index contributed by atoms with van der Waals surface area (Å²) in [6.07, 6.45) is -1.63. The van der Waals surface area contributed by atoms with E-state index >= 15 is 0 Å². The normalized spacial score (nSPS) is 29.8. The van der Waals surface area contributed by atoms with E-state index in [-0.39, 0.29) is 11.3 Å². The third-order valence-corrected chi connectivity index (χ3v) is 9.34. The number of ketones is 2. The van der Waals surface area contributed by atoms with Crippen LogP contribution in [0.4, 0.5) is 0 Å². The van der Waals surface area contributed by atoms with Crippen LogP contribution in [0.25, 0.3) is 5.76 Å². The van der Waals surface area contributed by atoms with Crippen LogP contribution in [-0.4, -0.2) is 85.5 Å². The summed E-state index contributed by atoms with van der Waals surface area (Å²) in [5.41, 5.74) is 2.61. The molecule has 1 saturated carbocycles. The summed E-state index contributed by atoms with van der Waals surface area (Å²) < 4.78 is 0. The Bertz CT molecular complexity index is 1470. The zero-order valence-corrected chi connectivity index (χ0v) is 22.6. The summed E-state index contributed by atoms with van der Waals surface area (Å²) in [5, 5.41) is 56.8. The number of rotatable bonds is 6. The molecule has 1 fully saturated rings. The Balaban J connectivity index is 1.69. The summed E-state index contributed by atoms with van der Waals surface area (Å²) in [5.74, 6) is -8.04. The average molecular weight is 567 g/mol. The highest BCUT2D eigenvalue weighted by molar-refractivity contribution is 7.98. The van der Waals surface area contributed by atoms with Gasteiger partial charge in [0.15, 0.2) is 11.4 Å². The van der Waals surface area contributed by atoms with Crippen LogP contribution in [0.1, 0.15) is 22.6 Å². The van der Waals surface area contributed by atoms with Gasteiger partial charge in [0.2, 0.25) is 5.78 Å². The fraction of sp³-hybridized carbons (Fsp3) is 0.345. The molecule has 5 rings (SSSR count). The molecule has 10 nitrogen and oxygen atoms in total. The number of Topliss-reactive ketones (excluding diaryl/α,β-unsaturated/α-hetero) is 2. The molecular formula is C29H30N2O8S. The maximum absolute atomic E-state index is 14.1. The van der Waals surface area contributed by atoms with E-state index in [9.17, 15) is 39.9 Å². The summed E-state index contributed by atoms with van der Waals surface area (Å²) in [6.45, 7) is 0. The van der Waals surface area contributed by atoms with Crippen LogP contribution in [0.5, 0.6) is 5.75 Å². The Labute approximate surface area is 234 Å². The highest BCUT2D eigenvalue weighted by Crippen LogP contribution is 2.56. The number of nitrogens with zero attached hydrogens (tertiary/aromatic N) is 1. The van der Waals surface area contributed by atoms with Gasteiger partial charge in [0.05, 0.1) is 23.6 Å². The minimum atomic E-state index is -2.93. The van der Waals surface area contributed by atoms with E-state index in [0.29, 0.717) is 17.1 Å². The quantitative estimate of drug-likeness (QED) is 0.280. The second-order valence-corrected chi connectivity index (χ2v) is 11.6. The molecule has 3 aliphatic rings. The molecule has 0 saturated heterocycles. The first-order chi connectivity index (χ1) is 18.9. The summed E-state index contributed by atoms with van der Waals surface area (Å²) in [6, 6.07) is 12.9. The molecule has 210 valence electrons. The van der Waals surface area contributed by atoms with Gasteiger partial charge < -0.3 is 31.3 Å². The molecular weight excluding hydrogens is 536 g/mol. The minimum Gasteiger partial charge on any atom is -0.508 e. The molecule has 0 heterocycles. The molecule has 1 amide bonds. The number of fused-ring (bicyclic) bond motifs is 3. The summed E-state index contributed by atoms with van der Waals surface area (Å²) >= 11 is 1.52. The molecule has 0 radical (unpaired) electrons. The van der Waals surface area contributed by atoms with Crippen molar-refractivity contribution in [1.29, 1.82) is 0 Å². The molecule has 2 aromatic rings. The number of primary amides is 1. The van der Waals surface area contributed by atoms with E-state index in [1.54, 1.807) is 12.1 Å². The van der Waals surface area contributed by atoms with Crippen LogP contribution in [-0.2, 0) is 20.1 Å². The Hall–Kier alpha value is -3.64. The van der Waals surface area contributed by atoms with Crippen molar-refractivity contribution in [1.82, 2.24) is 4.90 Å². The average Bonchev–Trinajstić information content (AvgIpc) is 2.90. The van der Waals surface area contributed by atoms with Crippen molar-refractivity contribution in [3.05, 3.63) is 82.1 Å². The maximum Gasteiger partial charge on any atom is 0.255 e. The number of phenols is 1. The molecule has 0 bridgehead atoms. The highest BCUT2D eigenvalue weighted by Gasteiger charge is 2.68. The molecule has 7 N–H and O–H groups in total. The molecule has 2 unspecified atom stereocenters. The number of carbonyl (C=O) groups excluding carboxylic acids is 3. The minimum absolute atomic E-state index is 0.0173. The predicted molar refractivity (Wildman–Crippen MR) is 147 cm³/mol. The summed E-state index contributed by atoms with van der Waals surface area (Å²) in [4.78, 5) is 41.0. The van der Waals surface area contributed by atoms with Crippen LogP contribution in [0.3, 0.4) is 0 Å². The first kappa shape index (κ1) is 27.9. The van der Waals surface area contributed by atoms with E-state index in [0.717, 1.165) is 5.56 Å². The van der Waals surface area contributed by atoms with Crippen molar-refractivity contribution < 1.29 is 39.9 Å². The first-order valence-corrected chi connectivity index (χ1v) is 13.8. The second-order valence-electron chi connectivity index (χ2n) is 10.6. The molecule has 6 atom stereocenters. The number of thioether (sulfide) groups is 1. The Morgan fingerprint density at radius 2 is 1.73 bits per heavy atom. The van der Waals surface area contributed by atoms with Crippen molar-refractivity contribution in [3.63, 3.8) is 0 Å². The van der Waals surface area contributed by atoms with Crippen molar-refractivity contribution >= 4 is 35.0 Å². The molecule has 0 spiro atoms. The van der Waals surface area contributed by atoms with Crippen LogP contribution in [0.15, 0.2) is 65.4 Å². The lowest BCUT2D eigenvalue weighted by molar-refractivity contribution is -0.169. The molecule has 3 aliphatic carbocycles. The molecule has 0 aromatic heterocycles. The highest BCUT2D eigenvalue weighted by atomic mass is 32.2. The number of aliphatic hydroxyl groups excluding tert-OH is 3. The maximum atomic E-state index is 14.1. The lowest BCUT2D eigenvalue weighted by atomic mass is 9.54. The van der Waals surface area contributed by atoms with Gasteiger partial charge in [0, 0.05) is 28.9 Å². The van der Waals surface area contributed by atoms with Gasteiger partial charge in [-0.15, -0.1) is 0 Å². The van der Waals surface area contributed by atoms with Gasteiger partial charge in [-0.25, -0.2) is 0 Å². The third kappa shape index (κ3) is 3.95. The van der Waals surface area contributed by atoms with Crippen LogP contribution in [0.2, 0.25) is 0 Å². The number of nitrogens with two attached hydrogens (primary N) is 1. The number of hydrogen-bond acceptors (Lipinski definition) is 10. The van der Waals surface area contributed by atoms with Gasteiger partial charge in [-0.3, -0.25) is 19.3 Å². The lowest BCUT2D eigenvalue weighted by Crippen LogP contribution is -2.70. The van der Waals surface area contributed by atoms with Crippen molar-refractivity contribution in [3.8, 4) is 5.75 Å². The molecule has 2 aromatic carbocycles. The largest absolute Gasteiger partial charge is 0.508 e. The van der Waals surface area contributed by atoms with Crippen LogP contribution >= 0.6 is 11.8 Å². The van der Waals surface area contributed by atoms with E-state index in [1.165, 1.54) is 36.8 Å². The second kappa shape index (κ2) is 10.1. The Morgan fingerprint density at radius 1 is 1.05 bits per heavy atom. The van der Waals surface area contributed by atoms with Gasteiger partial charge in [-0.05, 0) is 31.3 Å². The standard InChI is InChI=1S/C29H30N2O8S/c1-31(2)22-21-24(34)18-15(12-40-11-13-7-4-3-5-8-13)14-9-6-10-16(32)17(14)23(33)19(18)26(36)29(21,39)27(37)20(25(22)35)28(30)38/h3-10,15,18,21-22,24,32-34,37,39H,11-12H2,1-2H3,(H2,30,38)/t15-,18?,21?,22-,24-,29-/m0/s1. The Morgan fingerprint density at radius 3 is 2.35 bits per heavy atom. The molecule has 11 heteroatoms. The summed E-state index contributed by atoms with van der Waals surface area (Å²) in [7, 11) is 2.96. The topological polar surface area (TPSA) is 182 Å². The monoisotopic (exact) mass is 566 g/mol. The molecule has 40 heavy (non-hydrogen) atoms. The Kier molecular flexibility index (Phi) is 7.03. The van der Waals surface area contributed by atoms with Gasteiger partial charge >= 0.3 is 0 Å². The van der Waals surface area contributed by atoms with Crippen molar-refractivity contribution in [2.45, 2.75) is 29.4 Å². The van der Waals surface area contributed by atoms with E-state index in [2.05, 4.69) is 0 Å². The smallest absolute Gasteiger partial charge is 0.255 e. The lowest BCUT2D eigenvalue weighted by Gasteiger charge is -2.54. The van der Waals surface area contributed by atoms with E-state index in [1.807, 2.05) is 30.3 Å². The first-order valence-electron chi connectivity index (χ1n) is 12.7. The predicted octanol–water partition coefficient (Wildman–Crippen LogP) is 1.41. The van der Waals surface area contributed by atoms with Crippen molar-refractivity contribution in [2.75, 3.05) is 19.8 Å². The zero-order chi connectivity index (χ0) is 29.1. The van der Waals surface area contributed by atoms with Crippen molar-refractivity contribution in [2.24, 2.45) is 17.6 Å². The third-order valence-electron chi connectivity index (χ3n) is 8.21. The number of likely N-dealkylation sites (N-methyl/N-ethyl adjacent to an activating group) is 1. The van der Waals surface area contributed by atoms with Gasteiger partial charge in [0.1, 0.15) is 22.8 Å². The fourth-order valence-electron chi connectivity index (χ4n) is 6.47. The number of carbonyl (C=O) groups is 3. The van der Waals surface area contributed by atoms with Gasteiger partial charge in [0.25, 0.3) is 5.91 Å². The molecule has 0 aliphatic heterocycles. The van der Waals surface area contributed by atoms with Crippen LogP contribution in [0, 0.1) is 11.8 Å².